The van der Waals surface area contributed by atoms with Crippen molar-refractivity contribution in [3.05, 3.63) is 42.0 Å². The van der Waals surface area contributed by atoms with Crippen LogP contribution in [0.5, 0.6) is 0 Å². The number of benzene rings is 2. The number of aryl methyl sites for hydroxylation is 1. The maximum atomic E-state index is 11.9. The summed E-state index contributed by atoms with van der Waals surface area (Å²) in [6, 6.07) is 11.9. The predicted octanol–water partition coefficient (Wildman–Crippen LogP) is 1.43. The lowest BCUT2D eigenvalue weighted by atomic mass is 10.1. The third-order valence-electron chi connectivity index (χ3n) is 3.21. The van der Waals surface area contributed by atoms with E-state index in [-0.39, 0.29) is 6.54 Å². The average Bonchev–Trinajstić information content (AvgIpc) is 2.44. The fourth-order valence-corrected chi connectivity index (χ4v) is 2.01. The van der Waals surface area contributed by atoms with Crippen LogP contribution in [-0.2, 0) is 4.79 Å². The Balaban J connectivity index is 2.35. The molecule has 0 aliphatic carbocycles. The number of anilines is 1. The van der Waals surface area contributed by atoms with E-state index in [1.54, 1.807) is 7.05 Å². The Labute approximate surface area is 112 Å². The van der Waals surface area contributed by atoms with E-state index in [1.165, 1.54) is 10.5 Å². The van der Waals surface area contributed by atoms with Gasteiger partial charge in [-0.25, -0.2) is 0 Å². The van der Waals surface area contributed by atoms with Crippen LogP contribution in [-0.4, -0.2) is 30.7 Å². The molecular formula is C15H18N2O2. The minimum Gasteiger partial charge on any atom is -0.382 e. The lowest BCUT2D eigenvalue weighted by Gasteiger charge is -2.20. The van der Waals surface area contributed by atoms with Crippen molar-refractivity contribution >= 4 is 22.4 Å². The molecule has 1 unspecified atom stereocenters. The molecule has 2 rings (SSSR count). The largest absolute Gasteiger partial charge is 0.382 e. The van der Waals surface area contributed by atoms with Gasteiger partial charge in [-0.3, -0.25) is 4.79 Å². The molecule has 4 heteroatoms. The summed E-state index contributed by atoms with van der Waals surface area (Å²) in [6.07, 6.45) is -1.15. The maximum absolute atomic E-state index is 11.9. The first-order valence-electron chi connectivity index (χ1n) is 6.19. The molecule has 19 heavy (non-hydrogen) atoms. The molecule has 0 aromatic heterocycles. The molecule has 2 aromatic rings. The van der Waals surface area contributed by atoms with Gasteiger partial charge < -0.3 is 15.7 Å². The first kappa shape index (κ1) is 13.5. The lowest BCUT2D eigenvalue weighted by Crippen LogP contribution is -2.40. The van der Waals surface area contributed by atoms with Crippen LogP contribution in [0.15, 0.2) is 36.4 Å². The van der Waals surface area contributed by atoms with Crippen LogP contribution in [0, 0.1) is 6.92 Å². The number of likely N-dealkylation sites (N-methyl/N-ethyl adjacent to an activating group) is 1. The third kappa shape index (κ3) is 2.75. The number of carbonyl (C=O) groups is 1. The first-order valence-corrected chi connectivity index (χ1v) is 6.19. The molecule has 3 N–H and O–H groups in total. The highest BCUT2D eigenvalue weighted by molar-refractivity contribution is 5.98. The van der Waals surface area contributed by atoms with Crippen LogP contribution in [0.1, 0.15) is 5.56 Å². The minimum atomic E-state index is -1.15. The normalized spacial score (nSPS) is 12.4. The Morgan fingerprint density at radius 3 is 2.58 bits per heavy atom. The molecule has 0 fully saturated rings. The molecule has 0 heterocycles. The number of fused-ring (bicyclic) bond motifs is 1. The SMILES string of the molecule is Cc1ccc2cc(N(C)C(=O)C(O)CN)ccc2c1. The standard InChI is InChI=1S/C15H18N2O2/c1-10-3-4-12-8-13(6-5-11(12)7-10)17(2)15(19)14(18)9-16/h3-8,14,18H,9,16H2,1-2H3. The smallest absolute Gasteiger partial charge is 0.256 e. The van der Waals surface area contributed by atoms with Gasteiger partial charge in [0.05, 0.1) is 0 Å². The monoisotopic (exact) mass is 258 g/mol. The summed E-state index contributed by atoms with van der Waals surface area (Å²) < 4.78 is 0. The van der Waals surface area contributed by atoms with Gasteiger partial charge in [0.2, 0.25) is 0 Å². The summed E-state index contributed by atoms with van der Waals surface area (Å²) in [5.74, 6) is -0.394. The van der Waals surface area contributed by atoms with E-state index in [2.05, 4.69) is 6.07 Å². The second kappa shape index (κ2) is 5.38. The molecule has 1 amide bonds. The van der Waals surface area contributed by atoms with E-state index in [4.69, 9.17) is 5.73 Å². The second-order valence-corrected chi connectivity index (χ2v) is 4.68. The molecule has 0 spiro atoms. The fraction of sp³-hybridized carbons (Fsp3) is 0.267. The van der Waals surface area contributed by atoms with Gasteiger partial charge in [0, 0.05) is 19.3 Å². The molecule has 100 valence electrons. The van der Waals surface area contributed by atoms with E-state index >= 15 is 0 Å². The maximum Gasteiger partial charge on any atom is 0.256 e. The van der Waals surface area contributed by atoms with Gasteiger partial charge in [-0.15, -0.1) is 0 Å². The predicted molar refractivity (Wildman–Crippen MR) is 77.2 cm³/mol. The van der Waals surface area contributed by atoms with Gasteiger partial charge >= 0.3 is 0 Å². The highest BCUT2D eigenvalue weighted by Crippen LogP contribution is 2.22. The van der Waals surface area contributed by atoms with Crippen molar-refractivity contribution in [3.63, 3.8) is 0 Å². The number of nitrogens with zero attached hydrogens (tertiary/aromatic N) is 1. The highest BCUT2D eigenvalue weighted by Gasteiger charge is 2.19. The number of rotatable bonds is 3. The Morgan fingerprint density at radius 2 is 1.89 bits per heavy atom. The summed E-state index contributed by atoms with van der Waals surface area (Å²) >= 11 is 0. The number of aliphatic hydroxyl groups is 1. The van der Waals surface area contributed by atoms with Gasteiger partial charge in [-0.1, -0.05) is 29.8 Å². The Morgan fingerprint density at radius 1 is 1.26 bits per heavy atom. The zero-order valence-corrected chi connectivity index (χ0v) is 11.1. The van der Waals surface area contributed by atoms with E-state index < -0.39 is 12.0 Å². The van der Waals surface area contributed by atoms with Gasteiger partial charge in [0.1, 0.15) is 6.10 Å². The Hall–Kier alpha value is -1.91. The zero-order chi connectivity index (χ0) is 14.0. The average molecular weight is 258 g/mol. The van der Waals surface area contributed by atoms with Crippen LogP contribution in [0.3, 0.4) is 0 Å². The van der Waals surface area contributed by atoms with Crippen molar-refractivity contribution in [1.29, 1.82) is 0 Å². The van der Waals surface area contributed by atoms with Crippen LogP contribution in [0.2, 0.25) is 0 Å². The summed E-state index contributed by atoms with van der Waals surface area (Å²) in [5, 5.41) is 11.7. The van der Waals surface area contributed by atoms with Crippen LogP contribution in [0.25, 0.3) is 10.8 Å². The van der Waals surface area contributed by atoms with Crippen molar-refractivity contribution in [2.24, 2.45) is 5.73 Å². The molecule has 2 aromatic carbocycles. The summed E-state index contributed by atoms with van der Waals surface area (Å²) in [4.78, 5) is 13.3. The number of nitrogens with two attached hydrogens (primary N) is 1. The van der Waals surface area contributed by atoms with Crippen molar-refractivity contribution in [2.75, 3.05) is 18.5 Å². The van der Waals surface area contributed by atoms with E-state index in [0.29, 0.717) is 0 Å². The number of amides is 1. The number of aliphatic hydroxyl groups excluding tert-OH is 1. The third-order valence-corrected chi connectivity index (χ3v) is 3.21. The summed E-state index contributed by atoms with van der Waals surface area (Å²) in [7, 11) is 1.64. The number of hydrogen-bond acceptors (Lipinski definition) is 3. The van der Waals surface area contributed by atoms with Gasteiger partial charge in [-0.2, -0.15) is 0 Å². The molecule has 0 saturated carbocycles. The van der Waals surface area contributed by atoms with Crippen LogP contribution in [0.4, 0.5) is 5.69 Å². The molecule has 1 atom stereocenters. The van der Waals surface area contributed by atoms with Crippen molar-refractivity contribution in [1.82, 2.24) is 0 Å². The quantitative estimate of drug-likeness (QED) is 0.875. The van der Waals surface area contributed by atoms with Gasteiger partial charge in [-0.05, 0) is 29.8 Å². The molecular weight excluding hydrogens is 240 g/mol. The molecule has 4 nitrogen and oxygen atoms in total. The summed E-state index contributed by atoms with van der Waals surface area (Å²) in [5.41, 5.74) is 7.24. The van der Waals surface area contributed by atoms with Crippen LogP contribution < -0.4 is 10.6 Å². The molecule has 0 aliphatic heterocycles. The second-order valence-electron chi connectivity index (χ2n) is 4.68. The van der Waals surface area contributed by atoms with Crippen molar-refractivity contribution < 1.29 is 9.90 Å². The van der Waals surface area contributed by atoms with Crippen molar-refractivity contribution in [2.45, 2.75) is 13.0 Å². The minimum absolute atomic E-state index is 0.0735. The molecule has 0 bridgehead atoms. The van der Waals surface area contributed by atoms with E-state index in [1.807, 2.05) is 37.3 Å². The Bertz CT molecular complexity index is 610. The van der Waals surface area contributed by atoms with Gasteiger partial charge in [0.15, 0.2) is 0 Å². The number of carbonyl (C=O) groups excluding carboxylic acids is 1. The topological polar surface area (TPSA) is 66.6 Å². The molecule has 0 radical (unpaired) electrons. The van der Waals surface area contributed by atoms with Crippen molar-refractivity contribution in [3.8, 4) is 0 Å². The van der Waals surface area contributed by atoms with Gasteiger partial charge in [0.25, 0.3) is 5.91 Å². The highest BCUT2D eigenvalue weighted by atomic mass is 16.3. The van der Waals surface area contributed by atoms with E-state index in [9.17, 15) is 9.90 Å². The summed E-state index contributed by atoms with van der Waals surface area (Å²) in [6.45, 7) is 1.97. The first-order chi connectivity index (χ1) is 9.02. The Kier molecular flexibility index (Phi) is 3.83. The van der Waals surface area contributed by atoms with E-state index in [0.717, 1.165) is 16.5 Å². The zero-order valence-electron chi connectivity index (χ0n) is 11.1. The number of hydrogen-bond donors (Lipinski definition) is 2. The lowest BCUT2D eigenvalue weighted by molar-refractivity contribution is -0.125. The molecule has 0 saturated heterocycles. The van der Waals surface area contributed by atoms with Crippen LogP contribution >= 0.6 is 0 Å². The molecule has 0 aliphatic rings. The fourth-order valence-electron chi connectivity index (χ4n) is 2.01.